The smallest absolute Gasteiger partial charge is 0.330 e. The van der Waals surface area contributed by atoms with Crippen molar-refractivity contribution in [2.24, 2.45) is 0 Å². The van der Waals surface area contributed by atoms with Crippen molar-refractivity contribution in [1.29, 1.82) is 0 Å². The van der Waals surface area contributed by atoms with Crippen LogP contribution in [0.15, 0.2) is 46.9 Å². The minimum atomic E-state index is -3.74. The van der Waals surface area contributed by atoms with E-state index in [4.69, 9.17) is 9.52 Å². The molecule has 1 fully saturated rings. The molecule has 3 aromatic rings. The van der Waals surface area contributed by atoms with Crippen molar-refractivity contribution in [3.63, 3.8) is 0 Å². The van der Waals surface area contributed by atoms with Crippen molar-refractivity contribution < 1.29 is 27.5 Å². The van der Waals surface area contributed by atoms with E-state index in [1.54, 1.807) is 7.05 Å². The molecule has 1 saturated carbocycles. The summed E-state index contributed by atoms with van der Waals surface area (Å²) in [6, 6.07) is 9.43. The lowest BCUT2D eigenvalue weighted by molar-refractivity contribution is -0.132. The molecule has 2 aromatic heterocycles. The summed E-state index contributed by atoms with van der Waals surface area (Å²) in [7, 11) is -2.19. The SMILES string of the molecule is C=C(CCCNS(=O)(=O)Cc1nc2oc(-c3ccc(C)cc3)c(C(=O)NC)c2cc1C1CC1)C(=O)O. The molecule has 36 heavy (non-hydrogen) atoms. The molecule has 4 rings (SSSR count). The van der Waals surface area contributed by atoms with Crippen LogP contribution in [-0.2, 0) is 20.6 Å². The third-order valence-corrected chi connectivity index (χ3v) is 7.48. The Kier molecular flexibility index (Phi) is 7.28. The summed E-state index contributed by atoms with van der Waals surface area (Å²) in [6.07, 6.45) is 2.34. The van der Waals surface area contributed by atoms with Crippen LogP contribution in [0.25, 0.3) is 22.4 Å². The number of carboxylic acid groups (broad SMARTS) is 1. The standard InChI is InChI=1S/C26H29N3O6S/c1-15-6-8-18(9-7-15)23-22(24(30)27-3)20-13-19(17-10-11-17)21(29-25(20)35-23)14-36(33,34)28-12-4-5-16(2)26(31)32/h6-9,13,17,28H,2,4-5,10-12,14H2,1,3H3,(H,27,30)(H,31,32). The summed E-state index contributed by atoms with van der Waals surface area (Å²) in [5, 5.41) is 12.1. The van der Waals surface area contributed by atoms with Gasteiger partial charge in [-0.2, -0.15) is 0 Å². The van der Waals surface area contributed by atoms with Gasteiger partial charge in [0.15, 0.2) is 0 Å². The van der Waals surface area contributed by atoms with E-state index in [2.05, 4.69) is 21.6 Å². The molecule has 1 aliphatic carbocycles. The first-order chi connectivity index (χ1) is 17.1. The second kappa shape index (κ2) is 10.2. The van der Waals surface area contributed by atoms with Crippen molar-refractivity contribution in [3.8, 4) is 11.3 Å². The number of hydrogen-bond donors (Lipinski definition) is 3. The second-order valence-electron chi connectivity index (χ2n) is 9.07. The summed E-state index contributed by atoms with van der Waals surface area (Å²) in [4.78, 5) is 28.3. The molecule has 1 amide bonds. The quantitative estimate of drug-likeness (QED) is 0.262. The molecule has 0 saturated heterocycles. The van der Waals surface area contributed by atoms with Gasteiger partial charge < -0.3 is 14.8 Å². The number of aryl methyl sites for hydroxylation is 1. The number of carboxylic acids is 1. The molecule has 190 valence electrons. The van der Waals surface area contributed by atoms with Gasteiger partial charge in [0.2, 0.25) is 15.7 Å². The molecule has 1 aliphatic rings. The third-order valence-electron chi connectivity index (χ3n) is 6.19. The fourth-order valence-corrected chi connectivity index (χ4v) is 5.21. The zero-order chi connectivity index (χ0) is 26.0. The Bertz CT molecular complexity index is 1440. The Morgan fingerprint density at radius 2 is 1.92 bits per heavy atom. The Balaban J connectivity index is 1.67. The number of rotatable bonds is 11. The molecule has 0 unspecified atom stereocenters. The van der Waals surface area contributed by atoms with Crippen molar-refractivity contribution in [1.82, 2.24) is 15.0 Å². The average molecular weight is 512 g/mol. The maximum absolute atomic E-state index is 12.8. The van der Waals surface area contributed by atoms with Gasteiger partial charge >= 0.3 is 5.97 Å². The number of carbonyl (C=O) groups excluding carboxylic acids is 1. The van der Waals surface area contributed by atoms with Gasteiger partial charge in [-0.05, 0) is 50.2 Å². The van der Waals surface area contributed by atoms with Gasteiger partial charge in [-0.1, -0.05) is 36.4 Å². The summed E-state index contributed by atoms with van der Waals surface area (Å²) in [5.41, 5.74) is 3.59. The number of furan rings is 1. The van der Waals surface area contributed by atoms with E-state index in [0.29, 0.717) is 28.8 Å². The van der Waals surface area contributed by atoms with E-state index in [0.717, 1.165) is 29.5 Å². The highest BCUT2D eigenvalue weighted by atomic mass is 32.2. The maximum Gasteiger partial charge on any atom is 0.330 e. The Morgan fingerprint density at radius 1 is 1.22 bits per heavy atom. The van der Waals surface area contributed by atoms with E-state index < -0.39 is 16.0 Å². The van der Waals surface area contributed by atoms with Gasteiger partial charge in [0.25, 0.3) is 5.91 Å². The van der Waals surface area contributed by atoms with Crippen LogP contribution >= 0.6 is 0 Å². The normalized spacial score (nSPS) is 13.6. The van der Waals surface area contributed by atoms with Crippen LogP contribution in [0.4, 0.5) is 0 Å². The highest BCUT2D eigenvalue weighted by Crippen LogP contribution is 2.44. The zero-order valence-corrected chi connectivity index (χ0v) is 21.1. The number of fused-ring (bicyclic) bond motifs is 1. The molecule has 10 heteroatoms. The van der Waals surface area contributed by atoms with E-state index in [-0.39, 0.29) is 41.8 Å². The van der Waals surface area contributed by atoms with E-state index >= 15 is 0 Å². The van der Waals surface area contributed by atoms with Crippen molar-refractivity contribution >= 4 is 33.0 Å². The fourth-order valence-electron chi connectivity index (χ4n) is 4.06. The lowest BCUT2D eigenvalue weighted by Gasteiger charge is -2.10. The van der Waals surface area contributed by atoms with Crippen molar-refractivity contribution in [2.75, 3.05) is 13.6 Å². The number of aliphatic carboxylic acids is 1. The summed E-state index contributed by atoms with van der Waals surface area (Å²) < 4.78 is 34.2. The Labute approximate surface area is 209 Å². The number of amides is 1. The van der Waals surface area contributed by atoms with Crippen LogP contribution in [0.1, 0.15) is 58.8 Å². The van der Waals surface area contributed by atoms with Crippen LogP contribution in [0.2, 0.25) is 0 Å². The molecule has 3 N–H and O–H groups in total. The van der Waals surface area contributed by atoms with Crippen LogP contribution in [0.3, 0.4) is 0 Å². The molecule has 2 heterocycles. The van der Waals surface area contributed by atoms with Gasteiger partial charge in [0.05, 0.1) is 16.6 Å². The zero-order valence-electron chi connectivity index (χ0n) is 20.3. The van der Waals surface area contributed by atoms with Crippen LogP contribution < -0.4 is 10.0 Å². The molecule has 0 aliphatic heterocycles. The lowest BCUT2D eigenvalue weighted by Crippen LogP contribution is -2.27. The second-order valence-corrected chi connectivity index (χ2v) is 10.9. The van der Waals surface area contributed by atoms with Crippen molar-refractivity contribution in [2.45, 2.75) is 44.3 Å². The number of sulfonamides is 1. The number of hydrogen-bond acceptors (Lipinski definition) is 6. The Morgan fingerprint density at radius 3 is 2.53 bits per heavy atom. The molecular formula is C26H29N3O6S. The van der Waals surface area contributed by atoms with Gasteiger partial charge in [-0.3, -0.25) is 4.79 Å². The fraction of sp³-hybridized carbons (Fsp3) is 0.346. The van der Waals surface area contributed by atoms with Gasteiger partial charge in [-0.25, -0.2) is 22.9 Å². The van der Waals surface area contributed by atoms with Gasteiger partial charge in [0.1, 0.15) is 11.5 Å². The number of aromatic nitrogens is 1. The summed E-state index contributed by atoms with van der Waals surface area (Å²) in [5.74, 6) is -1.18. The predicted molar refractivity (Wildman–Crippen MR) is 136 cm³/mol. The molecule has 0 radical (unpaired) electrons. The molecule has 1 aromatic carbocycles. The highest BCUT2D eigenvalue weighted by Gasteiger charge is 2.31. The Hall–Kier alpha value is -3.50. The first-order valence-corrected chi connectivity index (χ1v) is 13.4. The first-order valence-electron chi connectivity index (χ1n) is 11.7. The van der Waals surface area contributed by atoms with E-state index in [1.807, 2.05) is 37.3 Å². The van der Waals surface area contributed by atoms with Crippen LogP contribution in [0, 0.1) is 6.92 Å². The molecule has 0 spiro atoms. The summed E-state index contributed by atoms with van der Waals surface area (Å²) >= 11 is 0. The molecule has 0 atom stereocenters. The minimum absolute atomic E-state index is 0.0338. The molecule has 9 nitrogen and oxygen atoms in total. The third kappa shape index (κ3) is 5.66. The van der Waals surface area contributed by atoms with E-state index in [1.165, 1.54) is 0 Å². The largest absolute Gasteiger partial charge is 0.478 e. The number of benzene rings is 1. The lowest BCUT2D eigenvalue weighted by atomic mass is 10.0. The minimum Gasteiger partial charge on any atom is -0.478 e. The topological polar surface area (TPSA) is 139 Å². The number of nitrogens with one attached hydrogen (secondary N) is 2. The van der Waals surface area contributed by atoms with E-state index in [9.17, 15) is 18.0 Å². The molecule has 0 bridgehead atoms. The van der Waals surface area contributed by atoms with Crippen molar-refractivity contribution in [3.05, 3.63) is 64.9 Å². The van der Waals surface area contributed by atoms with Crippen LogP contribution in [-0.4, -0.2) is 44.0 Å². The first kappa shape index (κ1) is 25.6. The molecular weight excluding hydrogens is 482 g/mol. The number of pyridine rings is 1. The predicted octanol–water partition coefficient (Wildman–Crippen LogP) is 3.88. The maximum atomic E-state index is 12.8. The van der Waals surface area contributed by atoms with Gasteiger partial charge in [0, 0.05) is 24.7 Å². The van der Waals surface area contributed by atoms with Gasteiger partial charge in [-0.15, -0.1) is 0 Å². The monoisotopic (exact) mass is 511 g/mol. The highest BCUT2D eigenvalue weighted by molar-refractivity contribution is 7.88. The average Bonchev–Trinajstić information content (AvgIpc) is 3.61. The number of carbonyl (C=O) groups is 2. The van der Waals surface area contributed by atoms with Crippen LogP contribution in [0.5, 0.6) is 0 Å². The summed E-state index contributed by atoms with van der Waals surface area (Å²) in [6.45, 7) is 5.51. The number of nitrogens with zero attached hydrogens (tertiary/aromatic N) is 1.